The van der Waals surface area contributed by atoms with Crippen molar-refractivity contribution in [2.24, 2.45) is 5.73 Å². The highest BCUT2D eigenvalue weighted by Gasteiger charge is 2.42. The van der Waals surface area contributed by atoms with Crippen LogP contribution >= 0.6 is 0 Å². The van der Waals surface area contributed by atoms with E-state index in [9.17, 15) is 18.8 Å². The topological polar surface area (TPSA) is 95.7 Å². The van der Waals surface area contributed by atoms with Gasteiger partial charge in [-0.1, -0.05) is 55.3 Å². The molecule has 3 amide bonds. The van der Waals surface area contributed by atoms with Gasteiger partial charge in [0, 0.05) is 25.6 Å². The molecule has 1 heterocycles. The number of hydrogen-bond acceptors (Lipinski definition) is 4. The van der Waals surface area contributed by atoms with Crippen LogP contribution in [0.1, 0.15) is 50.3 Å². The summed E-state index contributed by atoms with van der Waals surface area (Å²) in [5, 5.41) is 2.96. The van der Waals surface area contributed by atoms with Gasteiger partial charge in [0.15, 0.2) is 0 Å². The molecule has 0 aliphatic carbocycles. The normalized spacial score (nSPS) is 17.6. The minimum Gasteiger partial charge on any atom is -0.352 e. The van der Waals surface area contributed by atoms with Crippen molar-refractivity contribution in [3.8, 4) is 0 Å². The highest BCUT2D eigenvalue weighted by Crippen LogP contribution is 2.22. The van der Waals surface area contributed by atoms with Crippen LogP contribution in [0.4, 0.5) is 4.39 Å². The Balaban J connectivity index is 1.81. The lowest BCUT2D eigenvalue weighted by Crippen LogP contribution is -2.65. The second kappa shape index (κ2) is 12.8. The molecule has 0 radical (unpaired) electrons. The largest absolute Gasteiger partial charge is 0.352 e. The molecule has 37 heavy (non-hydrogen) atoms. The lowest BCUT2D eigenvalue weighted by atomic mass is 9.97. The first kappa shape index (κ1) is 28.3. The molecule has 1 fully saturated rings. The third-order valence-corrected chi connectivity index (χ3v) is 6.72. The third kappa shape index (κ3) is 7.38. The molecule has 3 N–H and O–H groups in total. The number of nitrogens with two attached hydrogens (primary N) is 1. The van der Waals surface area contributed by atoms with Gasteiger partial charge in [0.05, 0.1) is 6.04 Å². The predicted octanol–water partition coefficient (Wildman–Crippen LogP) is 2.98. The smallest absolute Gasteiger partial charge is 0.246 e. The molecule has 1 aliphatic rings. The van der Waals surface area contributed by atoms with Crippen molar-refractivity contribution in [1.29, 1.82) is 0 Å². The van der Waals surface area contributed by atoms with E-state index in [2.05, 4.69) is 5.32 Å². The molecule has 0 unspecified atom stereocenters. The van der Waals surface area contributed by atoms with Crippen molar-refractivity contribution in [3.63, 3.8) is 0 Å². The maximum absolute atomic E-state index is 13.8. The zero-order chi connectivity index (χ0) is 27.1. The molecule has 0 aromatic heterocycles. The summed E-state index contributed by atoms with van der Waals surface area (Å²) in [6.45, 7) is 8.29. The Labute approximate surface area is 219 Å². The SMILES string of the molecule is CCC[C@H]1C(=O)N([C@@H](Cc2ccc(C)cc2)C(=O)NC(C)C)CCN1C(=O)[C@H](N)Cc1ccc(F)cc1. The first-order chi connectivity index (χ1) is 17.6. The summed E-state index contributed by atoms with van der Waals surface area (Å²) in [6.07, 6.45) is 1.82. The number of rotatable bonds is 10. The first-order valence-corrected chi connectivity index (χ1v) is 13.1. The number of carbonyl (C=O) groups is 3. The Morgan fingerprint density at radius 1 is 1.03 bits per heavy atom. The molecule has 7 nitrogen and oxygen atoms in total. The minimum atomic E-state index is -0.850. The number of halogens is 1. The monoisotopic (exact) mass is 510 g/mol. The maximum atomic E-state index is 13.8. The van der Waals surface area contributed by atoms with Gasteiger partial charge in [0.25, 0.3) is 0 Å². The molecular formula is C29H39FN4O3. The number of hydrogen-bond donors (Lipinski definition) is 2. The number of benzene rings is 2. The molecule has 2 aromatic carbocycles. The fraction of sp³-hybridized carbons (Fsp3) is 0.483. The summed E-state index contributed by atoms with van der Waals surface area (Å²) in [5.74, 6) is -1.09. The van der Waals surface area contributed by atoms with Gasteiger partial charge in [-0.2, -0.15) is 0 Å². The van der Waals surface area contributed by atoms with E-state index in [-0.39, 0.29) is 42.5 Å². The summed E-state index contributed by atoms with van der Waals surface area (Å²) in [5.41, 5.74) is 9.10. The lowest BCUT2D eigenvalue weighted by molar-refractivity contribution is -0.156. The Morgan fingerprint density at radius 2 is 1.62 bits per heavy atom. The van der Waals surface area contributed by atoms with Crippen molar-refractivity contribution >= 4 is 17.7 Å². The average Bonchev–Trinajstić information content (AvgIpc) is 2.85. The second-order valence-electron chi connectivity index (χ2n) is 10.2. The van der Waals surface area contributed by atoms with E-state index in [1.165, 1.54) is 12.1 Å². The van der Waals surface area contributed by atoms with Gasteiger partial charge in [-0.15, -0.1) is 0 Å². The molecule has 0 saturated carbocycles. The third-order valence-electron chi connectivity index (χ3n) is 6.72. The van der Waals surface area contributed by atoms with Crippen LogP contribution in [0.2, 0.25) is 0 Å². The van der Waals surface area contributed by atoms with Crippen LogP contribution in [0.3, 0.4) is 0 Å². The van der Waals surface area contributed by atoms with Crippen LogP contribution in [-0.4, -0.2) is 64.8 Å². The summed E-state index contributed by atoms with van der Waals surface area (Å²) >= 11 is 0. The first-order valence-electron chi connectivity index (χ1n) is 13.1. The summed E-state index contributed by atoms with van der Waals surface area (Å²) in [4.78, 5) is 43.6. The zero-order valence-corrected chi connectivity index (χ0v) is 22.2. The van der Waals surface area contributed by atoms with E-state index >= 15 is 0 Å². The average molecular weight is 511 g/mol. The molecule has 3 rings (SSSR count). The van der Waals surface area contributed by atoms with E-state index in [1.54, 1.807) is 21.9 Å². The van der Waals surface area contributed by atoms with Gasteiger partial charge in [0.1, 0.15) is 17.9 Å². The van der Waals surface area contributed by atoms with Gasteiger partial charge in [0.2, 0.25) is 17.7 Å². The summed E-state index contributed by atoms with van der Waals surface area (Å²) in [7, 11) is 0. The highest BCUT2D eigenvalue weighted by molar-refractivity contribution is 5.94. The molecular weight excluding hydrogens is 471 g/mol. The molecule has 8 heteroatoms. The summed E-state index contributed by atoms with van der Waals surface area (Å²) < 4.78 is 13.3. The molecule has 0 bridgehead atoms. The molecule has 0 spiro atoms. The minimum absolute atomic E-state index is 0.0677. The van der Waals surface area contributed by atoms with Crippen LogP contribution in [0.5, 0.6) is 0 Å². The van der Waals surface area contributed by atoms with Crippen LogP contribution in [0.15, 0.2) is 48.5 Å². The number of piperazine rings is 1. The molecule has 3 atom stereocenters. The van der Waals surface area contributed by atoms with Crippen LogP contribution < -0.4 is 11.1 Å². The zero-order valence-electron chi connectivity index (χ0n) is 22.2. The van der Waals surface area contributed by atoms with Gasteiger partial charge >= 0.3 is 0 Å². The van der Waals surface area contributed by atoms with E-state index in [0.717, 1.165) is 16.7 Å². The second-order valence-corrected chi connectivity index (χ2v) is 10.2. The number of nitrogens with one attached hydrogen (secondary N) is 1. The van der Waals surface area contributed by atoms with E-state index in [4.69, 9.17) is 5.73 Å². The van der Waals surface area contributed by atoms with E-state index in [1.807, 2.05) is 52.0 Å². The number of aryl methyl sites for hydroxylation is 1. The van der Waals surface area contributed by atoms with Crippen LogP contribution in [-0.2, 0) is 27.2 Å². The number of nitrogens with zero attached hydrogens (tertiary/aromatic N) is 2. The fourth-order valence-electron chi connectivity index (χ4n) is 4.78. The van der Waals surface area contributed by atoms with Crippen LogP contribution in [0.25, 0.3) is 0 Å². The fourth-order valence-corrected chi connectivity index (χ4v) is 4.78. The lowest BCUT2D eigenvalue weighted by Gasteiger charge is -2.44. The van der Waals surface area contributed by atoms with Gasteiger partial charge in [-0.05, 0) is 56.9 Å². The Hall–Kier alpha value is -3.26. The Bertz CT molecular complexity index is 1070. The number of amides is 3. The van der Waals surface area contributed by atoms with Gasteiger partial charge in [-0.25, -0.2) is 4.39 Å². The summed E-state index contributed by atoms with van der Waals surface area (Å²) in [6, 6.07) is 11.6. The van der Waals surface area contributed by atoms with Gasteiger partial charge in [-0.3, -0.25) is 14.4 Å². The Morgan fingerprint density at radius 3 is 2.22 bits per heavy atom. The predicted molar refractivity (Wildman–Crippen MR) is 142 cm³/mol. The van der Waals surface area contributed by atoms with Crippen molar-refractivity contribution < 1.29 is 18.8 Å². The van der Waals surface area contributed by atoms with E-state index < -0.39 is 18.1 Å². The maximum Gasteiger partial charge on any atom is 0.246 e. The van der Waals surface area contributed by atoms with Crippen molar-refractivity contribution in [2.45, 2.75) is 77.5 Å². The molecule has 1 saturated heterocycles. The van der Waals surface area contributed by atoms with E-state index in [0.29, 0.717) is 25.8 Å². The van der Waals surface area contributed by atoms with Crippen molar-refractivity contribution in [2.75, 3.05) is 13.1 Å². The quantitative estimate of drug-likeness (QED) is 0.514. The number of carbonyl (C=O) groups excluding carboxylic acids is 3. The molecule has 200 valence electrons. The van der Waals surface area contributed by atoms with Crippen LogP contribution in [0, 0.1) is 12.7 Å². The van der Waals surface area contributed by atoms with Crippen molar-refractivity contribution in [3.05, 3.63) is 71.0 Å². The van der Waals surface area contributed by atoms with Crippen molar-refractivity contribution in [1.82, 2.24) is 15.1 Å². The highest BCUT2D eigenvalue weighted by atomic mass is 19.1. The molecule has 1 aliphatic heterocycles. The molecule has 2 aromatic rings. The van der Waals surface area contributed by atoms with Gasteiger partial charge < -0.3 is 20.9 Å². The standard InChI is InChI=1S/C29H39FN4O3/c1-5-6-25-29(37)34(26(27(35)32-19(2)3)18-22-9-7-20(4)8-10-22)16-15-33(25)28(36)24(31)17-21-11-13-23(30)14-12-21/h7-14,19,24-26H,5-6,15-18,31H2,1-4H3,(H,32,35)/t24-,25+,26+/m1/s1. The Kier molecular flexibility index (Phi) is 9.80.